The monoisotopic (exact) mass is 324 g/mol. The first kappa shape index (κ1) is 18.3. The second-order valence-electron chi connectivity index (χ2n) is 8.70. The van der Waals surface area contributed by atoms with Crippen molar-refractivity contribution in [3.8, 4) is 0 Å². The minimum absolute atomic E-state index is 0.0274. The van der Waals surface area contributed by atoms with Crippen LogP contribution in [0, 0.1) is 22.7 Å². The van der Waals surface area contributed by atoms with E-state index < -0.39 is 5.60 Å². The maximum absolute atomic E-state index is 11.7. The third-order valence-electron chi connectivity index (χ3n) is 6.57. The molecule has 2 aliphatic rings. The van der Waals surface area contributed by atoms with E-state index in [0.29, 0.717) is 12.5 Å². The van der Waals surface area contributed by atoms with Crippen molar-refractivity contribution in [2.75, 3.05) is 6.61 Å². The summed E-state index contributed by atoms with van der Waals surface area (Å²) in [7, 11) is 0. The van der Waals surface area contributed by atoms with Crippen LogP contribution in [0.2, 0.25) is 0 Å². The molecule has 0 amide bonds. The molecule has 2 fully saturated rings. The lowest BCUT2D eigenvalue weighted by Gasteiger charge is -2.61. The van der Waals surface area contributed by atoms with Crippen LogP contribution in [0.3, 0.4) is 0 Å². The Hall–Kier alpha value is -1.06. The maximum atomic E-state index is 11.7. The third-order valence-corrected chi connectivity index (χ3v) is 6.57. The van der Waals surface area contributed by atoms with E-state index in [-0.39, 0.29) is 28.7 Å². The minimum Gasteiger partial charge on any atom is -0.465 e. The van der Waals surface area contributed by atoms with Crippen LogP contribution in [0.1, 0.15) is 73.6 Å². The summed E-state index contributed by atoms with van der Waals surface area (Å²) in [6.07, 6.45) is 5.40. The van der Waals surface area contributed by atoms with Gasteiger partial charge in [0.2, 0.25) is 0 Å². The molecule has 2 saturated carbocycles. The number of carbonyl (C=O) groups excluding carboxylic acids is 2. The van der Waals surface area contributed by atoms with E-state index >= 15 is 0 Å². The molecule has 0 aliphatic heterocycles. The van der Waals surface area contributed by atoms with Crippen LogP contribution in [0.25, 0.3) is 0 Å². The lowest BCUT2D eigenvalue weighted by atomic mass is 9.46. The average Bonchev–Trinajstić information content (AvgIpc) is 2.34. The number of hydrogen-bond donors (Lipinski definition) is 0. The zero-order valence-electron chi connectivity index (χ0n) is 15.5. The van der Waals surface area contributed by atoms with Crippen molar-refractivity contribution >= 4 is 11.9 Å². The highest BCUT2D eigenvalue weighted by molar-refractivity contribution is 5.67. The highest BCUT2D eigenvalue weighted by atomic mass is 16.6. The smallest absolute Gasteiger partial charge is 0.303 e. The summed E-state index contributed by atoms with van der Waals surface area (Å²) < 4.78 is 11.2. The second-order valence-corrected chi connectivity index (χ2v) is 8.70. The Labute approximate surface area is 140 Å². The van der Waals surface area contributed by atoms with Gasteiger partial charge in [-0.3, -0.25) is 9.59 Å². The zero-order valence-corrected chi connectivity index (χ0v) is 15.5. The first-order chi connectivity index (χ1) is 10.5. The van der Waals surface area contributed by atoms with Crippen molar-refractivity contribution in [2.45, 2.75) is 79.2 Å². The summed E-state index contributed by atoms with van der Waals surface area (Å²) in [6.45, 7) is 12.3. The number of carbonyl (C=O) groups is 2. The molecule has 4 nitrogen and oxygen atoms in total. The van der Waals surface area contributed by atoms with E-state index in [1.165, 1.54) is 26.7 Å². The SMILES string of the molecule is CC(=O)OC[C@H]1[C@](C)(OC(C)=O)CCC2C(C)(C)CCC[C@@]21C. The highest BCUT2D eigenvalue weighted by Gasteiger charge is 2.60. The first-order valence-electron chi connectivity index (χ1n) is 8.84. The van der Waals surface area contributed by atoms with Crippen molar-refractivity contribution in [1.82, 2.24) is 0 Å². The van der Waals surface area contributed by atoms with Crippen LogP contribution in [0.5, 0.6) is 0 Å². The summed E-state index contributed by atoms with van der Waals surface area (Å²) in [4.78, 5) is 23.0. The number of esters is 2. The average molecular weight is 324 g/mol. The quantitative estimate of drug-likeness (QED) is 0.733. The minimum atomic E-state index is -0.556. The normalized spacial score (nSPS) is 39.2. The molecule has 0 spiro atoms. The van der Waals surface area contributed by atoms with Gasteiger partial charge in [0.15, 0.2) is 0 Å². The van der Waals surface area contributed by atoms with Gasteiger partial charge >= 0.3 is 11.9 Å². The van der Waals surface area contributed by atoms with Gasteiger partial charge in [-0.2, -0.15) is 0 Å². The summed E-state index contributed by atoms with van der Waals surface area (Å²) >= 11 is 0. The van der Waals surface area contributed by atoms with Crippen molar-refractivity contribution in [3.63, 3.8) is 0 Å². The summed E-state index contributed by atoms with van der Waals surface area (Å²) in [5, 5.41) is 0. The van der Waals surface area contributed by atoms with Gasteiger partial charge in [-0.15, -0.1) is 0 Å². The van der Waals surface area contributed by atoms with Gasteiger partial charge in [-0.1, -0.05) is 27.2 Å². The van der Waals surface area contributed by atoms with E-state index in [9.17, 15) is 9.59 Å². The Kier molecular flexibility index (Phi) is 4.85. The van der Waals surface area contributed by atoms with Crippen molar-refractivity contribution in [2.24, 2.45) is 22.7 Å². The van der Waals surface area contributed by atoms with E-state index in [4.69, 9.17) is 9.47 Å². The van der Waals surface area contributed by atoms with E-state index in [2.05, 4.69) is 20.8 Å². The first-order valence-corrected chi connectivity index (χ1v) is 8.84. The lowest BCUT2D eigenvalue weighted by molar-refractivity contribution is -0.208. The predicted octanol–water partition coefficient (Wildman–Crippen LogP) is 4.11. The molecule has 2 rings (SSSR count). The van der Waals surface area contributed by atoms with Crippen LogP contribution >= 0.6 is 0 Å². The molecule has 4 atom stereocenters. The molecule has 0 radical (unpaired) electrons. The van der Waals surface area contributed by atoms with E-state index in [1.807, 2.05) is 6.92 Å². The molecule has 0 saturated heterocycles. The van der Waals surface area contributed by atoms with Crippen molar-refractivity contribution in [3.05, 3.63) is 0 Å². The molecule has 0 aromatic rings. The zero-order chi connectivity index (χ0) is 17.5. The Balaban J connectivity index is 2.38. The molecule has 0 bridgehead atoms. The number of fused-ring (bicyclic) bond motifs is 1. The lowest BCUT2D eigenvalue weighted by Crippen LogP contribution is -2.60. The van der Waals surface area contributed by atoms with Crippen molar-refractivity contribution in [1.29, 1.82) is 0 Å². The fourth-order valence-electron chi connectivity index (χ4n) is 5.62. The standard InChI is InChI=1S/C19H32O4/c1-13(20)22-12-16-18(5)10-7-9-17(3,4)15(18)8-11-19(16,6)23-14(2)21/h15-16H,7-12H2,1-6H3/t15?,16-,18+,19-/m1/s1. The predicted molar refractivity (Wildman–Crippen MR) is 88.8 cm³/mol. The molecule has 0 aromatic carbocycles. The van der Waals surface area contributed by atoms with Gasteiger partial charge in [0.05, 0.1) is 6.61 Å². The molecule has 2 aliphatic carbocycles. The summed E-state index contributed by atoms with van der Waals surface area (Å²) in [5.74, 6) is 0.0856. The molecule has 0 aromatic heterocycles. The van der Waals surface area contributed by atoms with Crippen LogP contribution in [-0.4, -0.2) is 24.1 Å². The molecule has 1 unspecified atom stereocenters. The largest absolute Gasteiger partial charge is 0.465 e. The van der Waals surface area contributed by atoms with Gasteiger partial charge in [0, 0.05) is 19.8 Å². The summed E-state index contributed by atoms with van der Waals surface area (Å²) in [5.41, 5.74) is -0.251. The van der Waals surface area contributed by atoms with Crippen molar-refractivity contribution < 1.29 is 19.1 Å². The molecule has 23 heavy (non-hydrogen) atoms. The van der Waals surface area contributed by atoms with Gasteiger partial charge in [0.25, 0.3) is 0 Å². The Morgan fingerprint density at radius 3 is 2.22 bits per heavy atom. The maximum Gasteiger partial charge on any atom is 0.303 e. The Morgan fingerprint density at radius 1 is 1.00 bits per heavy atom. The van der Waals surface area contributed by atoms with Crippen LogP contribution in [0.4, 0.5) is 0 Å². The van der Waals surface area contributed by atoms with E-state index in [1.54, 1.807) is 0 Å². The molecule has 4 heteroatoms. The fourth-order valence-corrected chi connectivity index (χ4v) is 5.62. The number of hydrogen-bond acceptors (Lipinski definition) is 4. The van der Waals surface area contributed by atoms with Crippen LogP contribution in [-0.2, 0) is 19.1 Å². The molecular formula is C19H32O4. The van der Waals surface area contributed by atoms with Crippen LogP contribution < -0.4 is 0 Å². The summed E-state index contributed by atoms with van der Waals surface area (Å²) in [6, 6.07) is 0. The Morgan fingerprint density at radius 2 is 1.65 bits per heavy atom. The number of rotatable bonds is 3. The highest BCUT2D eigenvalue weighted by Crippen LogP contribution is 2.62. The third kappa shape index (κ3) is 3.41. The fraction of sp³-hybridized carbons (Fsp3) is 0.895. The number of ether oxygens (including phenoxy) is 2. The molecule has 132 valence electrons. The molecule has 0 N–H and O–H groups in total. The topological polar surface area (TPSA) is 52.6 Å². The van der Waals surface area contributed by atoms with E-state index in [0.717, 1.165) is 19.3 Å². The van der Waals surface area contributed by atoms with Gasteiger partial charge in [-0.25, -0.2) is 0 Å². The van der Waals surface area contributed by atoms with Gasteiger partial charge < -0.3 is 9.47 Å². The Bertz CT molecular complexity index is 484. The molecular weight excluding hydrogens is 292 g/mol. The second kappa shape index (κ2) is 6.10. The van der Waals surface area contributed by atoms with Gasteiger partial charge in [-0.05, 0) is 49.4 Å². The molecule has 0 heterocycles. The van der Waals surface area contributed by atoms with Gasteiger partial charge in [0.1, 0.15) is 5.60 Å². The van der Waals surface area contributed by atoms with Crippen LogP contribution in [0.15, 0.2) is 0 Å².